The molecular formula is C20H19ClF2N4OS. The Kier molecular flexibility index (Phi) is 6.66. The number of halogens is 3. The molecule has 0 saturated carbocycles. The molecule has 9 heteroatoms. The Labute approximate surface area is 177 Å². The number of aromatic nitrogens is 2. The SMILES string of the molecule is Cc1nn(Cc2cccc(Cl)c2)c(C)c1NC(=S)Nc1ccccc1OC(F)F. The fraction of sp³-hybridized carbons (Fsp3) is 0.200. The number of anilines is 2. The van der Waals surface area contributed by atoms with Crippen LogP contribution in [0.2, 0.25) is 5.02 Å². The quantitative estimate of drug-likeness (QED) is 0.492. The van der Waals surface area contributed by atoms with Crippen LogP contribution >= 0.6 is 23.8 Å². The lowest BCUT2D eigenvalue weighted by Gasteiger charge is -2.14. The van der Waals surface area contributed by atoms with Crippen LogP contribution in [-0.4, -0.2) is 21.5 Å². The molecular weight excluding hydrogens is 418 g/mol. The summed E-state index contributed by atoms with van der Waals surface area (Å²) in [6.07, 6.45) is 0. The number of alkyl halides is 2. The average Bonchev–Trinajstić information content (AvgIpc) is 2.90. The van der Waals surface area contributed by atoms with Crippen LogP contribution in [0.25, 0.3) is 0 Å². The standard InChI is InChI=1S/C20H19ClF2N4OS/c1-12-18(13(2)27(26-12)11-14-6-5-7-15(21)10-14)25-20(29)24-16-8-3-4-9-17(16)28-19(22)23/h3-10,19H,11H2,1-2H3,(H2,24,25,29). The Balaban J connectivity index is 1.74. The molecule has 0 unspecified atom stereocenters. The summed E-state index contributed by atoms with van der Waals surface area (Å²) in [5.41, 5.74) is 3.74. The van der Waals surface area contributed by atoms with E-state index < -0.39 is 6.61 Å². The number of thiocarbonyl (C=S) groups is 1. The summed E-state index contributed by atoms with van der Waals surface area (Å²) in [6, 6.07) is 13.9. The lowest BCUT2D eigenvalue weighted by atomic mass is 10.2. The Morgan fingerprint density at radius 3 is 2.66 bits per heavy atom. The van der Waals surface area contributed by atoms with E-state index in [1.807, 2.05) is 42.8 Å². The van der Waals surface area contributed by atoms with Crippen molar-refractivity contribution < 1.29 is 13.5 Å². The average molecular weight is 437 g/mol. The van der Waals surface area contributed by atoms with E-state index >= 15 is 0 Å². The molecule has 3 aromatic rings. The van der Waals surface area contributed by atoms with Crippen molar-refractivity contribution in [2.24, 2.45) is 0 Å². The van der Waals surface area contributed by atoms with Crippen LogP contribution in [0.4, 0.5) is 20.2 Å². The molecule has 0 atom stereocenters. The lowest BCUT2D eigenvalue weighted by Crippen LogP contribution is -2.20. The predicted molar refractivity (Wildman–Crippen MR) is 115 cm³/mol. The van der Waals surface area contributed by atoms with Crippen LogP contribution < -0.4 is 15.4 Å². The zero-order valence-corrected chi connectivity index (χ0v) is 17.3. The van der Waals surface area contributed by atoms with Gasteiger partial charge in [-0.1, -0.05) is 35.9 Å². The van der Waals surface area contributed by atoms with E-state index in [-0.39, 0.29) is 10.9 Å². The lowest BCUT2D eigenvalue weighted by molar-refractivity contribution is -0.0493. The van der Waals surface area contributed by atoms with E-state index in [1.165, 1.54) is 6.07 Å². The first-order valence-corrected chi connectivity index (χ1v) is 9.52. The number of hydrogen-bond donors (Lipinski definition) is 2. The molecule has 0 saturated heterocycles. The van der Waals surface area contributed by atoms with Crippen molar-refractivity contribution in [1.29, 1.82) is 0 Å². The smallest absolute Gasteiger partial charge is 0.387 e. The van der Waals surface area contributed by atoms with Crippen molar-refractivity contribution in [2.75, 3.05) is 10.6 Å². The van der Waals surface area contributed by atoms with E-state index in [4.69, 9.17) is 23.8 Å². The molecule has 2 aromatic carbocycles. The molecule has 1 aromatic heterocycles. The molecule has 0 bridgehead atoms. The van der Waals surface area contributed by atoms with Gasteiger partial charge in [0.05, 0.1) is 29.3 Å². The third kappa shape index (κ3) is 5.42. The Morgan fingerprint density at radius 1 is 1.17 bits per heavy atom. The van der Waals surface area contributed by atoms with Gasteiger partial charge >= 0.3 is 6.61 Å². The van der Waals surface area contributed by atoms with Crippen LogP contribution in [0.3, 0.4) is 0 Å². The summed E-state index contributed by atoms with van der Waals surface area (Å²) in [4.78, 5) is 0. The first-order valence-electron chi connectivity index (χ1n) is 8.74. The largest absolute Gasteiger partial charge is 0.433 e. The Bertz CT molecular complexity index is 1030. The topological polar surface area (TPSA) is 51.1 Å². The molecule has 29 heavy (non-hydrogen) atoms. The van der Waals surface area contributed by atoms with Crippen molar-refractivity contribution >= 4 is 40.3 Å². The minimum atomic E-state index is -2.92. The van der Waals surface area contributed by atoms with E-state index in [0.29, 0.717) is 17.3 Å². The first-order chi connectivity index (χ1) is 13.8. The minimum Gasteiger partial charge on any atom is -0.433 e. The van der Waals surface area contributed by atoms with E-state index in [1.54, 1.807) is 18.2 Å². The third-order valence-electron chi connectivity index (χ3n) is 4.19. The highest BCUT2D eigenvalue weighted by molar-refractivity contribution is 7.80. The van der Waals surface area contributed by atoms with Gasteiger partial charge in [-0.05, 0) is 55.9 Å². The number of benzene rings is 2. The number of hydrogen-bond acceptors (Lipinski definition) is 3. The van der Waals surface area contributed by atoms with Crippen molar-refractivity contribution in [2.45, 2.75) is 27.0 Å². The highest BCUT2D eigenvalue weighted by atomic mass is 35.5. The number of nitrogens with one attached hydrogen (secondary N) is 2. The van der Waals surface area contributed by atoms with Crippen LogP contribution in [0, 0.1) is 13.8 Å². The van der Waals surface area contributed by atoms with E-state index in [2.05, 4.69) is 20.5 Å². The van der Waals surface area contributed by atoms with Crippen molar-refractivity contribution in [3.63, 3.8) is 0 Å². The molecule has 0 radical (unpaired) electrons. The van der Waals surface area contributed by atoms with Crippen molar-refractivity contribution in [3.8, 4) is 5.75 Å². The van der Waals surface area contributed by atoms with Gasteiger partial charge in [0, 0.05) is 5.02 Å². The maximum atomic E-state index is 12.6. The predicted octanol–water partition coefficient (Wildman–Crippen LogP) is 5.61. The number of ether oxygens (including phenoxy) is 1. The summed E-state index contributed by atoms with van der Waals surface area (Å²) in [6.45, 7) is 1.41. The fourth-order valence-electron chi connectivity index (χ4n) is 2.88. The number of aryl methyl sites for hydroxylation is 1. The van der Waals surface area contributed by atoms with Crippen LogP contribution in [0.5, 0.6) is 5.75 Å². The molecule has 0 spiro atoms. The van der Waals surface area contributed by atoms with Gasteiger partial charge in [0.2, 0.25) is 0 Å². The molecule has 0 aliphatic carbocycles. The maximum absolute atomic E-state index is 12.6. The first kappa shape index (κ1) is 21.0. The highest BCUT2D eigenvalue weighted by Crippen LogP contribution is 2.26. The number of para-hydroxylation sites is 2. The maximum Gasteiger partial charge on any atom is 0.387 e. The molecule has 5 nitrogen and oxygen atoms in total. The van der Waals surface area contributed by atoms with Gasteiger partial charge in [-0.3, -0.25) is 4.68 Å². The van der Waals surface area contributed by atoms with Gasteiger partial charge in [-0.2, -0.15) is 13.9 Å². The fourth-order valence-corrected chi connectivity index (χ4v) is 3.30. The van der Waals surface area contributed by atoms with Crippen molar-refractivity contribution in [3.05, 3.63) is 70.5 Å². The summed E-state index contributed by atoms with van der Waals surface area (Å²) in [5.74, 6) is 0.0109. The molecule has 3 rings (SSSR count). The summed E-state index contributed by atoms with van der Waals surface area (Å²) >= 11 is 11.4. The summed E-state index contributed by atoms with van der Waals surface area (Å²) < 4.78 is 31.5. The Morgan fingerprint density at radius 2 is 1.93 bits per heavy atom. The second-order valence-electron chi connectivity index (χ2n) is 6.29. The zero-order chi connectivity index (χ0) is 21.0. The summed E-state index contributed by atoms with van der Waals surface area (Å²) in [5, 5.41) is 11.4. The molecule has 152 valence electrons. The van der Waals surface area contributed by atoms with Crippen LogP contribution in [0.15, 0.2) is 48.5 Å². The number of nitrogens with zero attached hydrogens (tertiary/aromatic N) is 2. The van der Waals surface area contributed by atoms with Gasteiger partial charge in [0.15, 0.2) is 5.11 Å². The highest BCUT2D eigenvalue weighted by Gasteiger charge is 2.15. The van der Waals surface area contributed by atoms with E-state index in [0.717, 1.165) is 22.6 Å². The minimum absolute atomic E-state index is 0.0109. The van der Waals surface area contributed by atoms with Gasteiger partial charge in [-0.15, -0.1) is 0 Å². The molecule has 0 aliphatic heterocycles. The number of rotatable bonds is 6. The summed E-state index contributed by atoms with van der Waals surface area (Å²) in [7, 11) is 0. The van der Waals surface area contributed by atoms with E-state index in [9.17, 15) is 8.78 Å². The van der Waals surface area contributed by atoms with Crippen LogP contribution in [-0.2, 0) is 6.54 Å². The molecule has 0 fully saturated rings. The molecule has 0 amide bonds. The van der Waals surface area contributed by atoms with Gasteiger partial charge in [0.25, 0.3) is 0 Å². The molecule has 1 heterocycles. The van der Waals surface area contributed by atoms with Gasteiger partial charge in [0.1, 0.15) is 5.75 Å². The Hall–Kier alpha value is -2.71. The normalized spacial score (nSPS) is 10.8. The monoisotopic (exact) mass is 436 g/mol. The molecule has 0 aliphatic rings. The van der Waals surface area contributed by atoms with Gasteiger partial charge in [-0.25, -0.2) is 0 Å². The molecule has 2 N–H and O–H groups in total. The van der Waals surface area contributed by atoms with Crippen LogP contribution in [0.1, 0.15) is 17.0 Å². The second kappa shape index (κ2) is 9.19. The zero-order valence-electron chi connectivity index (χ0n) is 15.7. The second-order valence-corrected chi connectivity index (χ2v) is 7.13. The third-order valence-corrected chi connectivity index (χ3v) is 4.63. The van der Waals surface area contributed by atoms with Crippen molar-refractivity contribution in [1.82, 2.24) is 9.78 Å². The van der Waals surface area contributed by atoms with Gasteiger partial charge < -0.3 is 15.4 Å².